The Kier molecular flexibility index (Phi) is 19.5. The van der Waals surface area contributed by atoms with E-state index in [1.54, 1.807) is 0 Å². The highest BCUT2D eigenvalue weighted by Crippen LogP contribution is 2.69. The standard InChI is InChI=1S/C144H112B2N4/c1-139(2,3)95-71-75-123(109(83-95)89-43-17-13-18-44-89)147-127-69-39-37-67-119(127)145-121-87-122-130(88-129(121)149(125-77-73-97(141(7,8)9)85-111(125)91-47-21-15-22-48-91)133-81-93(79-131(147)137(133)145)99-57-41-59-107-105-55-29-35-65-117(105)143(135(99)107)113-61-31-25-51-101(113)102-52-26-32-62-114(102)143)150(126-78-74-98(142(10,11)12)86-112(126)92-49-23-16-24-50-92)134-82-94(100-58-42-60-108-106-56-30-36-66-118(106)144(136(100)108)115-63-33-27-53-103(115)104-54-28-34-64-116(104)144)80-132-138(134)146(122)120-68-38-40-70-128(120)148(132)124-76-72-96(140(4,5)6)84-110(124)90-45-19-14-20-46-90/h13-88H,1-12H3. The molecule has 0 fully saturated rings. The summed E-state index contributed by atoms with van der Waals surface area (Å²) in [6, 6.07) is 181. The predicted molar refractivity (Wildman–Crippen MR) is 634 cm³/mol. The van der Waals surface area contributed by atoms with Crippen LogP contribution in [0.5, 0.6) is 0 Å². The van der Waals surface area contributed by atoms with Gasteiger partial charge in [0.15, 0.2) is 0 Å². The SMILES string of the molecule is CC(C)(C)c1ccc(N2c3ccccc3B3c4cc5c(cc4N(c4ccc(C(C)(C)C)cc4-c4ccccc4)c4cc(-c6cccc7c6C6(c8ccccc8-c8ccccc86)c6ccccc6-7)cc2c43)N(c2ccc(C(C)(C)C)cc2-c2ccccc2)c2cc(-c3cccc4c3C3(c6ccccc6-c6ccccc63)c3ccccc3-4)cc3c2B5c2ccccc2N3c2ccc(C(C)(C)C)cc2-c2ccccc2)c(-c2ccccc2)c1. The Morgan fingerprint density at radius 1 is 0.153 bits per heavy atom. The summed E-state index contributed by atoms with van der Waals surface area (Å²) in [6.07, 6.45) is 0. The van der Waals surface area contributed by atoms with E-state index >= 15 is 0 Å². The minimum atomic E-state index is -0.700. The summed E-state index contributed by atoms with van der Waals surface area (Å²) in [6.45, 7) is 27.7. The van der Waals surface area contributed by atoms with E-state index in [-0.39, 0.29) is 35.1 Å². The molecule has 29 rings (SSSR count). The van der Waals surface area contributed by atoms with Crippen LogP contribution in [-0.2, 0) is 32.5 Å². The number of hydrogen-bond acceptors (Lipinski definition) is 4. The van der Waals surface area contributed by atoms with Crippen LogP contribution in [0.4, 0.5) is 68.2 Å². The quantitative estimate of drug-likeness (QED) is 0.127. The number of rotatable bonds is 10. The van der Waals surface area contributed by atoms with Gasteiger partial charge in [-0.15, -0.1) is 0 Å². The van der Waals surface area contributed by atoms with Crippen LogP contribution in [0.2, 0.25) is 0 Å². The lowest BCUT2D eigenvalue weighted by Crippen LogP contribution is -2.65. The van der Waals surface area contributed by atoms with Gasteiger partial charge in [-0.3, -0.25) is 0 Å². The predicted octanol–water partition coefficient (Wildman–Crippen LogP) is 33.7. The Morgan fingerprint density at radius 2 is 0.380 bits per heavy atom. The summed E-state index contributed by atoms with van der Waals surface area (Å²) in [4.78, 5) is 11.0. The molecule has 0 unspecified atom stereocenters. The summed E-state index contributed by atoms with van der Waals surface area (Å²) < 4.78 is 0. The first-order valence-electron chi connectivity index (χ1n) is 53.6. The smallest absolute Gasteiger partial charge is 0.252 e. The summed E-state index contributed by atoms with van der Waals surface area (Å²) in [5.74, 6) is 0. The molecule has 0 bridgehead atoms. The highest BCUT2D eigenvalue weighted by Gasteiger charge is 2.57. The van der Waals surface area contributed by atoms with Crippen molar-refractivity contribution >= 4 is 114 Å². The number of benzene rings is 21. The molecule has 0 radical (unpaired) electrons. The van der Waals surface area contributed by atoms with E-state index in [0.29, 0.717) is 0 Å². The number of para-hydroxylation sites is 2. The maximum Gasteiger partial charge on any atom is 0.252 e. The summed E-state index contributed by atoms with van der Waals surface area (Å²) in [7, 11) is 0. The molecule has 21 aromatic carbocycles. The monoisotopic (exact) mass is 1920 g/mol. The van der Waals surface area contributed by atoms with Gasteiger partial charge in [-0.05, 0) is 301 Å². The second-order valence-electron chi connectivity index (χ2n) is 46.8. The molecule has 4 heterocycles. The Morgan fingerprint density at radius 3 is 0.653 bits per heavy atom. The van der Waals surface area contributed by atoms with E-state index in [0.717, 1.165) is 113 Å². The Balaban J connectivity index is 0.790. The number of hydrogen-bond donors (Lipinski definition) is 0. The first-order valence-corrected chi connectivity index (χ1v) is 53.6. The van der Waals surface area contributed by atoms with Crippen LogP contribution in [0.1, 0.15) is 150 Å². The first kappa shape index (κ1) is 89.4. The number of anilines is 12. The van der Waals surface area contributed by atoms with Crippen molar-refractivity contribution in [3.63, 3.8) is 0 Å². The summed E-state index contributed by atoms with van der Waals surface area (Å²) in [5.41, 5.74) is 57.9. The van der Waals surface area contributed by atoms with Crippen LogP contribution in [0, 0.1) is 0 Å². The lowest BCUT2D eigenvalue weighted by Gasteiger charge is -2.48. The third kappa shape index (κ3) is 12.8. The van der Waals surface area contributed by atoms with Gasteiger partial charge in [-0.1, -0.05) is 453 Å². The van der Waals surface area contributed by atoms with Gasteiger partial charge < -0.3 is 19.6 Å². The molecule has 0 amide bonds. The Bertz CT molecular complexity index is 8630. The fourth-order valence-electron chi connectivity index (χ4n) is 27.7. The van der Waals surface area contributed by atoms with Crippen LogP contribution >= 0.6 is 0 Å². The third-order valence-corrected chi connectivity index (χ3v) is 34.5. The molecule has 4 aliphatic heterocycles. The topological polar surface area (TPSA) is 13.0 Å². The van der Waals surface area contributed by atoms with Crippen molar-refractivity contribution in [1.29, 1.82) is 0 Å². The first-order chi connectivity index (χ1) is 73.0. The van der Waals surface area contributed by atoms with Gasteiger partial charge in [0.2, 0.25) is 0 Å². The van der Waals surface area contributed by atoms with Crippen LogP contribution in [0.15, 0.2) is 461 Å². The average Bonchev–Trinajstić information content (AvgIpc) is 1.24. The molecule has 2 spiro atoms. The normalized spacial score (nSPS) is 14.3. The molecule has 4 nitrogen and oxygen atoms in total. The molecule has 0 atom stereocenters. The average molecular weight is 1920 g/mol. The zero-order valence-corrected chi connectivity index (χ0v) is 86.8. The second kappa shape index (κ2) is 32.7. The second-order valence-corrected chi connectivity index (χ2v) is 46.8. The van der Waals surface area contributed by atoms with E-state index in [9.17, 15) is 0 Å². The minimum Gasteiger partial charge on any atom is -0.311 e. The molecular formula is C144H112B2N4. The van der Waals surface area contributed by atoms with Gasteiger partial charge in [0.1, 0.15) is 0 Å². The Hall–Kier alpha value is -17.1. The largest absolute Gasteiger partial charge is 0.311 e. The fourth-order valence-corrected chi connectivity index (χ4v) is 27.7. The van der Waals surface area contributed by atoms with Gasteiger partial charge in [0.05, 0.1) is 33.6 Å². The number of nitrogens with zero attached hydrogens (tertiary/aromatic N) is 4. The molecule has 714 valence electrons. The zero-order valence-electron chi connectivity index (χ0n) is 86.8. The van der Waals surface area contributed by atoms with Crippen LogP contribution in [0.3, 0.4) is 0 Å². The van der Waals surface area contributed by atoms with Gasteiger partial charge in [0.25, 0.3) is 13.4 Å². The van der Waals surface area contributed by atoms with Crippen molar-refractivity contribution in [2.24, 2.45) is 0 Å². The van der Waals surface area contributed by atoms with Crippen molar-refractivity contribution in [2.45, 2.75) is 116 Å². The molecule has 0 N–H and O–H groups in total. The van der Waals surface area contributed by atoms with Crippen LogP contribution < -0.4 is 52.4 Å². The minimum absolute atomic E-state index is 0.181. The number of fused-ring (bicyclic) bond motifs is 28. The Labute approximate surface area is 882 Å². The highest BCUT2D eigenvalue weighted by atomic mass is 15.2. The lowest BCUT2D eigenvalue weighted by molar-refractivity contribution is 0.590. The molecule has 21 aromatic rings. The molecule has 4 aliphatic carbocycles. The van der Waals surface area contributed by atoms with Crippen molar-refractivity contribution in [3.8, 4) is 111 Å². The molecule has 150 heavy (non-hydrogen) atoms. The van der Waals surface area contributed by atoms with Crippen molar-refractivity contribution in [3.05, 3.63) is 528 Å². The van der Waals surface area contributed by atoms with Gasteiger partial charge in [-0.2, -0.15) is 0 Å². The lowest BCUT2D eigenvalue weighted by atomic mass is 9.30. The van der Waals surface area contributed by atoms with Crippen molar-refractivity contribution < 1.29 is 0 Å². The van der Waals surface area contributed by atoms with Gasteiger partial charge in [0, 0.05) is 67.8 Å². The molecule has 0 saturated carbocycles. The molecule has 8 aliphatic rings. The third-order valence-electron chi connectivity index (χ3n) is 34.5. The maximum absolute atomic E-state index is 2.80. The van der Waals surface area contributed by atoms with E-state index in [1.165, 1.54) is 166 Å². The summed E-state index contributed by atoms with van der Waals surface area (Å²) >= 11 is 0. The molecule has 6 heteroatoms. The van der Waals surface area contributed by atoms with Crippen LogP contribution in [-0.4, -0.2) is 13.4 Å². The van der Waals surface area contributed by atoms with Crippen LogP contribution in [0.25, 0.3) is 111 Å². The fraction of sp³-hybridized carbons (Fsp3) is 0.125. The van der Waals surface area contributed by atoms with Crippen molar-refractivity contribution in [1.82, 2.24) is 0 Å². The molecular weight excluding hydrogens is 1810 g/mol. The highest BCUT2D eigenvalue weighted by molar-refractivity contribution is 7.03. The van der Waals surface area contributed by atoms with E-state index in [4.69, 9.17) is 0 Å². The van der Waals surface area contributed by atoms with E-state index < -0.39 is 10.8 Å². The zero-order chi connectivity index (χ0) is 101. The summed E-state index contributed by atoms with van der Waals surface area (Å²) in [5, 5.41) is 0. The van der Waals surface area contributed by atoms with Gasteiger partial charge in [-0.25, -0.2) is 0 Å². The van der Waals surface area contributed by atoms with Crippen molar-refractivity contribution in [2.75, 3.05) is 19.6 Å². The van der Waals surface area contributed by atoms with E-state index in [1.807, 2.05) is 0 Å². The van der Waals surface area contributed by atoms with Gasteiger partial charge >= 0.3 is 0 Å². The maximum atomic E-state index is 2.80. The van der Waals surface area contributed by atoms with E-state index in [2.05, 4.69) is 564 Å². The molecule has 0 aromatic heterocycles. The molecule has 0 saturated heterocycles.